The lowest BCUT2D eigenvalue weighted by Gasteiger charge is -1.95. The summed E-state index contributed by atoms with van der Waals surface area (Å²) in [5, 5.41) is 19.9. The minimum atomic E-state index is -1.22. The first-order valence-electron chi connectivity index (χ1n) is 4.73. The SMILES string of the molecule is Nc1sc(-c2cccc([N+](=O)[O-])c2)nc1C(=O)O. The first-order valence-corrected chi connectivity index (χ1v) is 5.55. The Balaban J connectivity index is 2.49. The molecule has 0 aliphatic carbocycles. The standard InChI is InChI=1S/C10H7N3O4S/c11-8-7(10(14)15)12-9(18-8)5-2-1-3-6(4-5)13(16)17/h1-4H,11H2,(H,14,15). The smallest absolute Gasteiger partial charge is 0.357 e. The van der Waals surface area contributed by atoms with Gasteiger partial charge in [-0.2, -0.15) is 0 Å². The molecule has 0 saturated carbocycles. The summed E-state index contributed by atoms with van der Waals surface area (Å²) in [6.45, 7) is 0. The molecule has 92 valence electrons. The minimum Gasteiger partial charge on any atom is -0.476 e. The van der Waals surface area contributed by atoms with Gasteiger partial charge in [0, 0.05) is 17.7 Å². The summed E-state index contributed by atoms with van der Waals surface area (Å²) in [6, 6.07) is 5.78. The summed E-state index contributed by atoms with van der Waals surface area (Å²) in [6.07, 6.45) is 0. The van der Waals surface area contributed by atoms with Crippen LogP contribution in [0.4, 0.5) is 10.7 Å². The maximum Gasteiger partial charge on any atom is 0.357 e. The third-order valence-corrected chi connectivity index (χ3v) is 3.09. The molecular weight excluding hydrogens is 258 g/mol. The Bertz CT molecular complexity index is 638. The molecule has 18 heavy (non-hydrogen) atoms. The number of aromatic carboxylic acids is 1. The van der Waals surface area contributed by atoms with E-state index in [0.717, 1.165) is 11.3 Å². The number of nitro groups is 1. The Kier molecular flexibility index (Phi) is 2.94. The van der Waals surface area contributed by atoms with Gasteiger partial charge in [0.05, 0.1) is 4.92 Å². The van der Waals surface area contributed by atoms with Crippen molar-refractivity contribution in [3.63, 3.8) is 0 Å². The van der Waals surface area contributed by atoms with E-state index in [1.54, 1.807) is 6.07 Å². The normalized spacial score (nSPS) is 10.2. The van der Waals surface area contributed by atoms with E-state index in [1.807, 2.05) is 0 Å². The first-order chi connectivity index (χ1) is 8.49. The fraction of sp³-hybridized carbons (Fsp3) is 0. The van der Waals surface area contributed by atoms with E-state index in [2.05, 4.69) is 4.98 Å². The molecule has 0 amide bonds. The zero-order valence-electron chi connectivity index (χ0n) is 8.86. The Labute approximate surface area is 105 Å². The van der Waals surface area contributed by atoms with Gasteiger partial charge >= 0.3 is 5.97 Å². The molecule has 8 heteroatoms. The number of thiazole rings is 1. The van der Waals surface area contributed by atoms with Crippen molar-refractivity contribution in [1.82, 2.24) is 4.98 Å². The second-order valence-corrected chi connectivity index (χ2v) is 4.38. The maximum atomic E-state index is 10.8. The third kappa shape index (κ3) is 2.13. The monoisotopic (exact) mass is 265 g/mol. The molecule has 1 aromatic carbocycles. The quantitative estimate of drug-likeness (QED) is 0.647. The average Bonchev–Trinajstić information content (AvgIpc) is 2.71. The van der Waals surface area contributed by atoms with Crippen LogP contribution in [0.25, 0.3) is 10.6 Å². The highest BCUT2D eigenvalue weighted by Gasteiger charge is 2.17. The van der Waals surface area contributed by atoms with E-state index in [4.69, 9.17) is 10.8 Å². The molecular formula is C10H7N3O4S. The first kappa shape index (κ1) is 12.0. The summed E-state index contributed by atoms with van der Waals surface area (Å²) in [4.78, 5) is 24.8. The van der Waals surface area contributed by atoms with Gasteiger partial charge in [0.2, 0.25) is 0 Å². The Morgan fingerprint density at radius 3 is 2.78 bits per heavy atom. The summed E-state index contributed by atoms with van der Waals surface area (Å²) in [5.41, 5.74) is 5.67. The molecule has 0 spiro atoms. The molecule has 0 aliphatic rings. The second kappa shape index (κ2) is 4.41. The largest absolute Gasteiger partial charge is 0.476 e. The number of carboxylic acid groups (broad SMARTS) is 1. The number of rotatable bonds is 3. The fourth-order valence-corrected chi connectivity index (χ4v) is 2.18. The minimum absolute atomic E-state index is 0.0732. The van der Waals surface area contributed by atoms with Crippen LogP contribution < -0.4 is 5.73 Å². The van der Waals surface area contributed by atoms with Crippen LogP contribution in [0.1, 0.15) is 10.5 Å². The van der Waals surface area contributed by atoms with Crippen molar-refractivity contribution in [2.24, 2.45) is 0 Å². The predicted molar refractivity (Wildman–Crippen MR) is 65.6 cm³/mol. The zero-order chi connectivity index (χ0) is 13.3. The number of nitrogens with two attached hydrogens (primary N) is 1. The molecule has 0 unspecified atom stereocenters. The average molecular weight is 265 g/mol. The van der Waals surface area contributed by atoms with Gasteiger partial charge in [0.1, 0.15) is 10.0 Å². The van der Waals surface area contributed by atoms with Crippen molar-refractivity contribution < 1.29 is 14.8 Å². The van der Waals surface area contributed by atoms with E-state index < -0.39 is 10.9 Å². The van der Waals surface area contributed by atoms with Gasteiger partial charge in [-0.3, -0.25) is 10.1 Å². The van der Waals surface area contributed by atoms with E-state index in [1.165, 1.54) is 18.2 Å². The number of nitrogens with zero attached hydrogens (tertiary/aromatic N) is 2. The Morgan fingerprint density at radius 2 is 2.22 bits per heavy atom. The Hall–Kier alpha value is -2.48. The van der Waals surface area contributed by atoms with Crippen molar-refractivity contribution >= 4 is 28.0 Å². The van der Waals surface area contributed by atoms with Crippen molar-refractivity contribution in [2.75, 3.05) is 5.73 Å². The van der Waals surface area contributed by atoms with E-state index in [9.17, 15) is 14.9 Å². The molecule has 0 bridgehead atoms. The fourth-order valence-electron chi connectivity index (χ4n) is 1.36. The van der Waals surface area contributed by atoms with Gasteiger partial charge in [-0.25, -0.2) is 9.78 Å². The van der Waals surface area contributed by atoms with Crippen molar-refractivity contribution in [1.29, 1.82) is 0 Å². The highest BCUT2D eigenvalue weighted by atomic mass is 32.1. The summed E-state index contributed by atoms with van der Waals surface area (Å²) in [5.74, 6) is -1.22. The van der Waals surface area contributed by atoms with Crippen LogP contribution in [0.15, 0.2) is 24.3 Å². The summed E-state index contributed by atoms with van der Waals surface area (Å²) in [7, 11) is 0. The molecule has 7 nitrogen and oxygen atoms in total. The molecule has 0 radical (unpaired) electrons. The number of anilines is 1. The lowest BCUT2D eigenvalue weighted by molar-refractivity contribution is -0.384. The van der Waals surface area contributed by atoms with Crippen LogP contribution in [0.2, 0.25) is 0 Å². The third-order valence-electron chi connectivity index (χ3n) is 2.16. The zero-order valence-corrected chi connectivity index (χ0v) is 9.68. The van der Waals surface area contributed by atoms with Gasteiger partial charge in [0.25, 0.3) is 5.69 Å². The number of benzene rings is 1. The highest BCUT2D eigenvalue weighted by molar-refractivity contribution is 7.19. The van der Waals surface area contributed by atoms with Gasteiger partial charge < -0.3 is 10.8 Å². The van der Waals surface area contributed by atoms with E-state index in [-0.39, 0.29) is 16.4 Å². The molecule has 2 aromatic rings. The maximum absolute atomic E-state index is 10.8. The summed E-state index contributed by atoms with van der Waals surface area (Å²) >= 11 is 0.979. The highest BCUT2D eigenvalue weighted by Crippen LogP contribution is 2.31. The topological polar surface area (TPSA) is 119 Å². The van der Waals surface area contributed by atoms with Crippen LogP contribution in [0.5, 0.6) is 0 Å². The van der Waals surface area contributed by atoms with Crippen LogP contribution >= 0.6 is 11.3 Å². The van der Waals surface area contributed by atoms with Gasteiger partial charge in [-0.1, -0.05) is 23.5 Å². The molecule has 0 aliphatic heterocycles. The van der Waals surface area contributed by atoms with Gasteiger partial charge in [-0.05, 0) is 0 Å². The van der Waals surface area contributed by atoms with E-state index >= 15 is 0 Å². The molecule has 3 N–H and O–H groups in total. The number of hydrogen-bond acceptors (Lipinski definition) is 6. The molecule has 1 aromatic heterocycles. The molecule has 0 fully saturated rings. The molecule has 0 saturated heterocycles. The number of carboxylic acids is 1. The number of hydrogen-bond donors (Lipinski definition) is 2. The van der Waals surface area contributed by atoms with Crippen LogP contribution in [-0.4, -0.2) is 21.0 Å². The van der Waals surface area contributed by atoms with Crippen molar-refractivity contribution in [2.45, 2.75) is 0 Å². The second-order valence-electron chi connectivity index (χ2n) is 3.34. The van der Waals surface area contributed by atoms with Gasteiger partial charge in [0.15, 0.2) is 5.69 Å². The number of non-ortho nitro benzene ring substituents is 1. The number of carbonyl (C=O) groups is 1. The Morgan fingerprint density at radius 1 is 1.50 bits per heavy atom. The molecule has 0 atom stereocenters. The molecule has 2 rings (SSSR count). The number of aromatic nitrogens is 1. The molecule has 1 heterocycles. The van der Waals surface area contributed by atoms with Gasteiger partial charge in [-0.15, -0.1) is 0 Å². The van der Waals surface area contributed by atoms with Crippen molar-refractivity contribution in [3.05, 3.63) is 40.1 Å². The van der Waals surface area contributed by atoms with Crippen LogP contribution in [-0.2, 0) is 0 Å². The van der Waals surface area contributed by atoms with Crippen LogP contribution in [0, 0.1) is 10.1 Å². The number of nitrogen functional groups attached to an aromatic ring is 1. The van der Waals surface area contributed by atoms with Crippen LogP contribution in [0.3, 0.4) is 0 Å². The lowest BCUT2D eigenvalue weighted by atomic mass is 10.2. The summed E-state index contributed by atoms with van der Waals surface area (Å²) < 4.78 is 0. The lowest BCUT2D eigenvalue weighted by Crippen LogP contribution is -2.00. The predicted octanol–water partition coefficient (Wildman–Crippen LogP) is 2.00. The number of nitro benzene ring substituents is 1. The van der Waals surface area contributed by atoms with Crippen molar-refractivity contribution in [3.8, 4) is 10.6 Å². The van der Waals surface area contributed by atoms with E-state index in [0.29, 0.717) is 10.6 Å².